The third-order valence-corrected chi connectivity index (χ3v) is 2.51. The molecule has 4 N–H and O–H groups in total. The largest absolute Gasteiger partial charge is 0.506 e. The van der Waals surface area contributed by atoms with Gasteiger partial charge in [-0.25, -0.2) is 0 Å². The highest BCUT2D eigenvalue weighted by Crippen LogP contribution is 2.28. The number of aromatic hydroxyl groups is 1. The summed E-state index contributed by atoms with van der Waals surface area (Å²) in [6.07, 6.45) is 0.614. The highest BCUT2D eigenvalue weighted by molar-refractivity contribution is 5.93. The quantitative estimate of drug-likeness (QED) is 0.675. The van der Waals surface area contributed by atoms with E-state index in [0.717, 1.165) is 0 Å². The fourth-order valence-corrected chi connectivity index (χ4v) is 1.38. The number of hydrogen-bond donors (Lipinski definition) is 3. The van der Waals surface area contributed by atoms with Crippen LogP contribution in [0, 0.1) is 5.92 Å². The molecule has 1 unspecified atom stereocenters. The summed E-state index contributed by atoms with van der Waals surface area (Å²) in [5.41, 5.74) is 5.76. The molecule has 0 radical (unpaired) electrons. The Morgan fingerprint density at radius 1 is 1.59 bits per heavy atom. The van der Waals surface area contributed by atoms with Crippen molar-refractivity contribution in [3.63, 3.8) is 0 Å². The molecule has 0 saturated carbocycles. The topological polar surface area (TPSA) is 84.6 Å². The van der Waals surface area contributed by atoms with Gasteiger partial charge in [0.25, 0.3) is 0 Å². The first-order valence-corrected chi connectivity index (χ1v) is 5.46. The molecule has 0 fully saturated rings. The molecule has 0 heterocycles. The van der Waals surface area contributed by atoms with Gasteiger partial charge in [0, 0.05) is 12.0 Å². The molecular formula is C12H18N2O3. The number of nitrogens with two attached hydrogens (primary N) is 1. The van der Waals surface area contributed by atoms with Crippen LogP contribution in [0.25, 0.3) is 0 Å². The Labute approximate surface area is 101 Å². The van der Waals surface area contributed by atoms with Crippen molar-refractivity contribution in [2.24, 2.45) is 11.7 Å². The first-order chi connectivity index (χ1) is 8.08. The summed E-state index contributed by atoms with van der Waals surface area (Å²) >= 11 is 0. The van der Waals surface area contributed by atoms with Gasteiger partial charge in [0.2, 0.25) is 5.91 Å². The van der Waals surface area contributed by atoms with E-state index in [4.69, 9.17) is 10.5 Å². The number of nitrogens with one attached hydrogen (secondary N) is 1. The molecule has 0 saturated heterocycles. The average Bonchev–Trinajstić information content (AvgIpc) is 2.31. The number of carbonyl (C=O) groups excluding carboxylic acids is 1. The minimum absolute atomic E-state index is 0.0161. The van der Waals surface area contributed by atoms with Crippen LogP contribution >= 0.6 is 0 Å². The van der Waals surface area contributed by atoms with Crippen molar-refractivity contribution in [1.82, 2.24) is 0 Å². The summed E-state index contributed by atoms with van der Waals surface area (Å²) in [4.78, 5) is 11.7. The summed E-state index contributed by atoms with van der Waals surface area (Å²) in [6.45, 7) is 2.26. The monoisotopic (exact) mass is 238 g/mol. The lowest BCUT2D eigenvalue weighted by Gasteiger charge is -2.12. The van der Waals surface area contributed by atoms with Crippen LogP contribution in [-0.2, 0) is 4.79 Å². The zero-order valence-corrected chi connectivity index (χ0v) is 10.1. The standard InChI is InChI=1S/C12H18N2O3/c1-8(5-6-13)12(16)14-10-4-3-9(17-2)7-11(10)15/h3-4,7-8,15H,5-6,13H2,1-2H3,(H,14,16). The first kappa shape index (κ1) is 13.3. The van der Waals surface area contributed by atoms with Crippen molar-refractivity contribution in [3.05, 3.63) is 18.2 Å². The fraction of sp³-hybridized carbons (Fsp3) is 0.417. The minimum Gasteiger partial charge on any atom is -0.506 e. The molecule has 1 atom stereocenters. The molecule has 5 heteroatoms. The molecule has 94 valence electrons. The van der Waals surface area contributed by atoms with Crippen LogP contribution in [0.15, 0.2) is 18.2 Å². The molecule has 0 aliphatic carbocycles. The van der Waals surface area contributed by atoms with Crippen molar-refractivity contribution in [2.45, 2.75) is 13.3 Å². The van der Waals surface area contributed by atoms with Gasteiger partial charge in [0.15, 0.2) is 0 Å². The predicted molar refractivity (Wildman–Crippen MR) is 66.1 cm³/mol. The van der Waals surface area contributed by atoms with E-state index in [0.29, 0.717) is 24.4 Å². The highest BCUT2D eigenvalue weighted by Gasteiger charge is 2.13. The normalized spacial score (nSPS) is 11.9. The smallest absolute Gasteiger partial charge is 0.227 e. The summed E-state index contributed by atoms with van der Waals surface area (Å²) in [5.74, 6) is 0.186. The zero-order valence-electron chi connectivity index (χ0n) is 10.1. The maximum Gasteiger partial charge on any atom is 0.227 e. The van der Waals surface area contributed by atoms with Crippen molar-refractivity contribution in [3.8, 4) is 11.5 Å². The molecule has 0 aliphatic heterocycles. The molecule has 5 nitrogen and oxygen atoms in total. The van der Waals surface area contributed by atoms with Crippen LogP contribution < -0.4 is 15.8 Å². The van der Waals surface area contributed by atoms with Crippen molar-refractivity contribution in [2.75, 3.05) is 19.0 Å². The number of hydrogen-bond acceptors (Lipinski definition) is 4. The Balaban J connectivity index is 2.71. The molecule has 0 bridgehead atoms. The SMILES string of the molecule is COc1ccc(NC(=O)C(C)CCN)c(O)c1. The molecule has 0 aliphatic rings. The lowest BCUT2D eigenvalue weighted by atomic mass is 10.1. The average molecular weight is 238 g/mol. The second kappa shape index (κ2) is 6.10. The Morgan fingerprint density at radius 3 is 2.82 bits per heavy atom. The predicted octanol–water partition coefficient (Wildman–Crippen LogP) is 1.32. The van der Waals surface area contributed by atoms with E-state index < -0.39 is 0 Å². The third-order valence-electron chi connectivity index (χ3n) is 2.51. The number of ether oxygens (including phenoxy) is 1. The molecule has 0 aromatic heterocycles. The Bertz CT molecular complexity index is 393. The summed E-state index contributed by atoms with van der Waals surface area (Å²) < 4.78 is 4.95. The van der Waals surface area contributed by atoms with E-state index in [9.17, 15) is 9.90 Å². The van der Waals surface area contributed by atoms with Crippen LogP contribution in [-0.4, -0.2) is 24.7 Å². The second-order valence-corrected chi connectivity index (χ2v) is 3.85. The highest BCUT2D eigenvalue weighted by atomic mass is 16.5. The van der Waals surface area contributed by atoms with Gasteiger partial charge < -0.3 is 20.9 Å². The summed E-state index contributed by atoms with van der Waals surface area (Å²) in [6, 6.07) is 4.72. The zero-order chi connectivity index (χ0) is 12.8. The van der Waals surface area contributed by atoms with E-state index in [-0.39, 0.29) is 17.6 Å². The number of phenols is 1. The lowest BCUT2D eigenvalue weighted by molar-refractivity contribution is -0.119. The minimum atomic E-state index is -0.179. The van der Waals surface area contributed by atoms with Gasteiger partial charge in [0.1, 0.15) is 11.5 Å². The van der Waals surface area contributed by atoms with Crippen molar-refractivity contribution < 1.29 is 14.6 Å². The van der Waals surface area contributed by atoms with Gasteiger partial charge in [-0.3, -0.25) is 4.79 Å². The molecule has 0 spiro atoms. The summed E-state index contributed by atoms with van der Waals surface area (Å²) in [7, 11) is 1.51. The van der Waals surface area contributed by atoms with E-state index >= 15 is 0 Å². The molecular weight excluding hydrogens is 220 g/mol. The van der Waals surface area contributed by atoms with Crippen molar-refractivity contribution >= 4 is 11.6 Å². The maximum absolute atomic E-state index is 11.7. The van der Waals surface area contributed by atoms with Crippen LogP contribution in [0.5, 0.6) is 11.5 Å². The van der Waals surface area contributed by atoms with E-state index in [1.807, 2.05) is 0 Å². The molecule has 1 aromatic carbocycles. The number of rotatable bonds is 5. The number of benzene rings is 1. The van der Waals surface area contributed by atoms with Crippen LogP contribution in [0.1, 0.15) is 13.3 Å². The molecule has 1 amide bonds. The Hall–Kier alpha value is -1.75. The number of carbonyl (C=O) groups is 1. The lowest BCUT2D eigenvalue weighted by Crippen LogP contribution is -2.22. The first-order valence-electron chi connectivity index (χ1n) is 5.46. The number of phenolic OH excluding ortho intramolecular Hbond substituents is 1. The van der Waals surface area contributed by atoms with Crippen LogP contribution in [0.4, 0.5) is 5.69 Å². The van der Waals surface area contributed by atoms with Gasteiger partial charge in [-0.15, -0.1) is 0 Å². The Morgan fingerprint density at radius 2 is 2.29 bits per heavy atom. The third kappa shape index (κ3) is 3.64. The van der Waals surface area contributed by atoms with E-state index in [2.05, 4.69) is 5.32 Å². The van der Waals surface area contributed by atoms with Crippen LogP contribution in [0.2, 0.25) is 0 Å². The van der Waals surface area contributed by atoms with Crippen LogP contribution in [0.3, 0.4) is 0 Å². The maximum atomic E-state index is 11.7. The van der Waals surface area contributed by atoms with Gasteiger partial charge in [-0.2, -0.15) is 0 Å². The van der Waals surface area contributed by atoms with E-state index in [1.54, 1.807) is 19.1 Å². The number of methoxy groups -OCH3 is 1. The van der Waals surface area contributed by atoms with Gasteiger partial charge in [-0.05, 0) is 25.1 Å². The fourth-order valence-electron chi connectivity index (χ4n) is 1.38. The number of anilines is 1. The number of amides is 1. The molecule has 17 heavy (non-hydrogen) atoms. The second-order valence-electron chi connectivity index (χ2n) is 3.85. The van der Waals surface area contributed by atoms with Crippen molar-refractivity contribution in [1.29, 1.82) is 0 Å². The Kier molecular flexibility index (Phi) is 4.78. The van der Waals surface area contributed by atoms with Gasteiger partial charge >= 0.3 is 0 Å². The van der Waals surface area contributed by atoms with Gasteiger partial charge in [0.05, 0.1) is 12.8 Å². The molecule has 1 rings (SSSR count). The van der Waals surface area contributed by atoms with Gasteiger partial charge in [-0.1, -0.05) is 6.92 Å². The molecule has 1 aromatic rings. The van der Waals surface area contributed by atoms with E-state index in [1.165, 1.54) is 13.2 Å². The summed E-state index contributed by atoms with van der Waals surface area (Å²) in [5, 5.41) is 12.3.